The van der Waals surface area contributed by atoms with Crippen LogP contribution in [0.2, 0.25) is 0 Å². The Morgan fingerprint density at radius 1 is 0.919 bits per heavy atom. The van der Waals surface area contributed by atoms with Crippen LogP contribution in [0.5, 0.6) is 28.7 Å². The predicted octanol–water partition coefficient (Wildman–Crippen LogP) is 1.97. The summed E-state index contributed by atoms with van der Waals surface area (Å²) in [4.78, 5) is 20.1. The number of morpholine rings is 1. The maximum Gasteiger partial charge on any atom is 0.174 e. The number of ether oxygens (including phenoxy) is 3. The number of hydrogen-bond donors (Lipinski definition) is 3. The van der Waals surface area contributed by atoms with Gasteiger partial charge >= 0.3 is 0 Å². The summed E-state index contributed by atoms with van der Waals surface area (Å²) in [7, 11) is 1.46. The van der Waals surface area contributed by atoms with Crippen molar-refractivity contribution < 1.29 is 34.3 Å². The van der Waals surface area contributed by atoms with Crippen molar-refractivity contribution in [3.63, 3.8) is 0 Å². The third-order valence-corrected chi connectivity index (χ3v) is 7.52. The van der Waals surface area contributed by atoms with Crippen molar-refractivity contribution in [2.45, 2.75) is 19.1 Å². The van der Waals surface area contributed by atoms with Gasteiger partial charge in [-0.3, -0.25) is 19.5 Å². The Hall–Kier alpha value is -3.05. The molecule has 2 aromatic rings. The van der Waals surface area contributed by atoms with Gasteiger partial charge in [0.25, 0.3) is 0 Å². The average Bonchev–Trinajstić information content (AvgIpc) is 2.90. The van der Waals surface area contributed by atoms with Crippen molar-refractivity contribution >= 4 is 5.78 Å². The van der Waals surface area contributed by atoms with Gasteiger partial charge in [-0.2, -0.15) is 0 Å². The second-order valence-corrected chi connectivity index (χ2v) is 9.83. The second kappa shape index (κ2) is 11.1. The molecule has 200 valence electrons. The van der Waals surface area contributed by atoms with Crippen LogP contribution in [-0.4, -0.2) is 108 Å². The van der Waals surface area contributed by atoms with Gasteiger partial charge in [-0.1, -0.05) is 6.07 Å². The maximum atomic E-state index is 13.1. The smallest absolute Gasteiger partial charge is 0.174 e. The Morgan fingerprint density at radius 3 is 2.27 bits per heavy atom. The Morgan fingerprint density at radius 2 is 1.59 bits per heavy atom. The minimum atomic E-state index is -0.646. The Balaban J connectivity index is 1.22. The normalized spacial score (nSPS) is 21.4. The van der Waals surface area contributed by atoms with Crippen LogP contribution < -0.4 is 9.47 Å². The molecule has 10 heteroatoms. The van der Waals surface area contributed by atoms with Crippen LogP contribution >= 0.6 is 0 Å². The predicted molar refractivity (Wildman–Crippen MR) is 136 cm³/mol. The SMILES string of the molecule is COc1ccc([C@@H]2CC(=O)c3c(cc(O)c(CN4CCN(CCN5CCOCC5)CC4)c3O)O2)cc1O. The molecule has 0 aromatic heterocycles. The molecule has 3 N–H and O–H groups in total. The van der Waals surface area contributed by atoms with Crippen molar-refractivity contribution in [3.05, 3.63) is 41.0 Å². The number of fused-ring (bicyclic) bond motifs is 1. The van der Waals surface area contributed by atoms with Crippen LogP contribution in [0.4, 0.5) is 0 Å². The number of methoxy groups -OCH3 is 1. The zero-order chi connectivity index (χ0) is 25.9. The van der Waals surface area contributed by atoms with E-state index >= 15 is 0 Å². The van der Waals surface area contributed by atoms with E-state index in [1.807, 2.05) is 0 Å². The number of carbonyl (C=O) groups is 1. The lowest BCUT2D eigenvalue weighted by Gasteiger charge is -2.36. The first-order valence-corrected chi connectivity index (χ1v) is 12.8. The summed E-state index contributed by atoms with van der Waals surface area (Å²) in [6, 6.07) is 6.23. The molecular weight excluding hydrogens is 478 g/mol. The average molecular weight is 514 g/mol. The maximum absolute atomic E-state index is 13.1. The Bertz CT molecular complexity index is 1130. The van der Waals surface area contributed by atoms with Gasteiger partial charge in [0.05, 0.1) is 32.3 Å². The number of rotatable bonds is 7. The molecule has 5 rings (SSSR count). The monoisotopic (exact) mass is 513 g/mol. The molecule has 10 nitrogen and oxygen atoms in total. The fourth-order valence-corrected chi connectivity index (χ4v) is 5.25. The van der Waals surface area contributed by atoms with Gasteiger partial charge in [-0.15, -0.1) is 0 Å². The van der Waals surface area contributed by atoms with Crippen molar-refractivity contribution in [1.82, 2.24) is 14.7 Å². The molecular formula is C27H35N3O7. The van der Waals surface area contributed by atoms with Crippen LogP contribution in [0.25, 0.3) is 0 Å². The number of ketones is 1. The summed E-state index contributed by atoms with van der Waals surface area (Å²) in [5.74, 6) is -0.174. The molecule has 1 atom stereocenters. The highest BCUT2D eigenvalue weighted by molar-refractivity contribution is 6.03. The third kappa shape index (κ3) is 5.62. The first-order valence-electron chi connectivity index (χ1n) is 12.8. The molecule has 0 radical (unpaired) electrons. The van der Waals surface area contributed by atoms with Crippen LogP contribution in [-0.2, 0) is 11.3 Å². The summed E-state index contributed by atoms with van der Waals surface area (Å²) in [5, 5.41) is 31.9. The largest absolute Gasteiger partial charge is 0.507 e. The van der Waals surface area contributed by atoms with E-state index in [-0.39, 0.29) is 40.8 Å². The lowest BCUT2D eigenvalue weighted by atomic mass is 9.93. The number of benzene rings is 2. The summed E-state index contributed by atoms with van der Waals surface area (Å²) < 4.78 is 16.5. The number of aromatic hydroxyl groups is 3. The van der Waals surface area contributed by atoms with Crippen LogP contribution in [0, 0.1) is 0 Å². The van der Waals surface area contributed by atoms with Crippen molar-refractivity contribution in [3.8, 4) is 28.7 Å². The highest BCUT2D eigenvalue weighted by atomic mass is 16.5. The van der Waals surface area contributed by atoms with Crippen molar-refractivity contribution in [2.75, 3.05) is 72.7 Å². The molecule has 2 fully saturated rings. The molecule has 2 saturated heterocycles. The lowest BCUT2D eigenvalue weighted by Crippen LogP contribution is -2.49. The fourth-order valence-electron chi connectivity index (χ4n) is 5.25. The molecule has 0 saturated carbocycles. The molecule has 0 unspecified atom stereocenters. The van der Waals surface area contributed by atoms with E-state index in [2.05, 4.69) is 14.7 Å². The Kier molecular flexibility index (Phi) is 7.71. The minimum absolute atomic E-state index is 0.0123. The molecule has 2 aromatic carbocycles. The zero-order valence-corrected chi connectivity index (χ0v) is 21.2. The number of piperazine rings is 1. The number of carbonyl (C=O) groups excluding carboxylic acids is 1. The van der Waals surface area contributed by atoms with E-state index < -0.39 is 6.10 Å². The number of Topliss-reactive ketones (excluding diaryl/α,β-unsaturated/α-hetero) is 1. The van der Waals surface area contributed by atoms with Gasteiger partial charge in [0, 0.05) is 65.0 Å². The van der Waals surface area contributed by atoms with E-state index in [1.165, 1.54) is 19.2 Å². The third-order valence-electron chi connectivity index (χ3n) is 7.52. The van der Waals surface area contributed by atoms with Gasteiger partial charge in [0.1, 0.15) is 28.9 Å². The van der Waals surface area contributed by atoms with Crippen LogP contribution in [0.15, 0.2) is 24.3 Å². The highest BCUT2D eigenvalue weighted by Gasteiger charge is 2.33. The van der Waals surface area contributed by atoms with E-state index in [0.29, 0.717) is 23.4 Å². The van der Waals surface area contributed by atoms with E-state index in [9.17, 15) is 20.1 Å². The lowest BCUT2D eigenvalue weighted by molar-refractivity contribution is 0.0296. The van der Waals surface area contributed by atoms with E-state index in [1.54, 1.807) is 12.1 Å². The number of nitrogens with zero attached hydrogens (tertiary/aromatic N) is 3. The van der Waals surface area contributed by atoms with Gasteiger partial charge in [0.2, 0.25) is 0 Å². The summed E-state index contributed by atoms with van der Waals surface area (Å²) in [6.45, 7) is 9.44. The van der Waals surface area contributed by atoms with Gasteiger partial charge in [0.15, 0.2) is 17.3 Å². The first-order chi connectivity index (χ1) is 17.9. The number of hydrogen-bond acceptors (Lipinski definition) is 10. The standard InChI is InChI=1S/C27H35N3O7/c1-35-23-3-2-18(14-21(23)32)24-16-22(33)26-25(37-24)15-20(31)19(27(26)34)17-30-8-6-28(7-9-30)4-5-29-10-12-36-13-11-29/h2-3,14-15,24,31-32,34H,4-13,16-17H2,1H3/t24-/m0/s1. The van der Waals surface area contributed by atoms with Crippen LogP contribution in [0.1, 0.15) is 34.0 Å². The van der Waals surface area contributed by atoms with E-state index in [0.717, 1.165) is 65.6 Å². The molecule has 0 aliphatic carbocycles. The van der Waals surface area contributed by atoms with E-state index in [4.69, 9.17) is 14.2 Å². The molecule has 3 aliphatic rings. The number of phenolic OH excluding ortho intramolecular Hbond substituents is 3. The van der Waals surface area contributed by atoms with Crippen molar-refractivity contribution in [2.24, 2.45) is 0 Å². The summed E-state index contributed by atoms with van der Waals surface area (Å²) in [6.07, 6.45) is -0.634. The second-order valence-electron chi connectivity index (χ2n) is 9.83. The fraction of sp³-hybridized carbons (Fsp3) is 0.519. The topological polar surface area (TPSA) is 115 Å². The van der Waals surface area contributed by atoms with Gasteiger partial charge in [-0.25, -0.2) is 0 Å². The Labute approximate surface area is 216 Å². The number of phenols is 3. The van der Waals surface area contributed by atoms with Crippen LogP contribution in [0.3, 0.4) is 0 Å². The molecule has 3 aliphatic heterocycles. The van der Waals surface area contributed by atoms with Gasteiger partial charge < -0.3 is 29.5 Å². The van der Waals surface area contributed by atoms with Gasteiger partial charge in [-0.05, 0) is 17.7 Å². The molecule has 3 heterocycles. The first kappa shape index (κ1) is 25.6. The zero-order valence-electron chi connectivity index (χ0n) is 21.2. The summed E-state index contributed by atoms with van der Waals surface area (Å²) >= 11 is 0. The van der Waals surface area contributed by atoms with Crippen molar-refractivity contribution in [1.29, 1.82) is 0 Å². The minimum Gasteiger partial charge on any atom is -0.507 e. The molecule has 0 amide bonds. The molecule has 0 spiro atoms. The molecule has 0 bridgehead atoms. The highest BCUT2D eigenvalue weighted by Crippen LogP contribution is 2.45. The quantitative estimate of drug-likeness (QED) is 0.508. The molecule has 37 heavy (non-hydrogen) atoms. The summed E-state index contributed by atoms with van der Waals surface area (Å²) in [5.41, 5.74) is 1.05.